The Morgan fingerprint density at radius 1 is 1.33 bits per heavy atom. The van der Waals surface area contributed by atoms with Crippen LogP contribution in [0.4, 0.5) is 0 Å². The zero-order chi connectivity index (χ0) is 14.7. The number of amides is 1. The molecule has 1 aliphatic rings. The Labute approximate surface area is 124 Å². The Hall–Kier alpha value is -2.14. The van der Waals surface area contributed by atoms with Gasteiger partial charge in [0.05, 0.1) is 11.4 Å². The minimum atomic E-state index is -0.00750. The van der Waals surface area contributed by atoms with Crippen LogP contribution in [0.1, 0.15) is 28.9 Å². The average molecular weight is 284 g/mol. The number of aryl methyl sites for hydroxylation is 1. The zero-order valence-electron chi connectivity index (χ0n) is 12.2. The molecular formula is C16H20N4O. The number of piperidine rings is 1. The Morgan fingerprint density at radius 3 is 2.76 bits per heavy atom. The van der Waals surface area contributed by atoms with E-state index in [4.69, 9.17) is 0 Å². The SMILES string of the molecule is Cc1ccn(-c2ccc(C(=O)N[C@H]3CCCNC3)cc2)n1. The highest BCUT2D eigenvalue weighted by Gasteiger charge is 2.16. The summed E-state index contributed by atoms with van der Waals surface area (Å²) in [7, 11) is 0. The molecule has 0 aliphatic carbocycles. The van der Waals surface area contributed by atoms with Crippen molar-refractivity contribution in [3.05, 3.63) is 47.8 Å². The fraction of sp³-hybridized carbons (Fsp3) is 0.375. The molecule has 5 nitrogen and oxygen atoms in total. The van der Waals surface area contributed by atoms with Gasteiger partial charge in [0.25, 0.3) is 5.91 Å². The number of hydrogen-bond donors (Lipinski definition) is 2. The zero-order valence-corrected chi connectivity index (χ0v) is 12.2. The molecule has 21 heavy (non-hydrogen) atoms. The number of carbonyl (C=O) groups excluding carboxylic acids is 1. The van der Waals surface area contributed by atoms with Gasteiger partial charge in [-0.1, -0.05) is 0 Å². The van der Waals surface area contributed by atoms with Crippen molar-refractivity contribution >= 4 is 5.91 Å². The lowest BCUT2D eigenvalue weighted by molar-refractivity contribution is 0.0930. The van der Waals surface area contributed by atoms with E-state index < -0.39 is 0 Å². The van der Waals surface area contributed by atoms with Gasteiger partial charge in [-0.15, -0.1) is 0 Å². The van der Waals surface area contributed by atoms with Crippen molar-refractivity contribution in [3.8, 4) is 5.69 Å². The molecule has 0 spiro atoms. The second-order valence-electron chi connectivity index (χ2n) is 5.47. The summed E-state index contributed by atoms with van der Waals surface area (Å²) >= 11 is 0. The van der Waals surface area contributed by atoms with E-state index in [2.05, 4.69) is 15.7 Å². The summed E-state index contributed by atoms with van der Waals surface area (Å²) in [5, 5.41) is 10.7. The predicted octanol–water partition coefficient (Wildman–Crippen LogP) is 1.66. The minimum Gasteiger partial charge on any atom is -0.348 e. The maximum Gasteiger partial charge on any atom is 0.251 e. The van der Waals surface area contributed by atoms with E-state index in [0.717, 1.165) is 37.3 Å². The third kappa shape index (κ3) is 3.31. The topological polar surface area (TPSA) is 59.0 Å². The second-order valence-corrected chi connectivity index (χ2v) is 5.47. The summed E-state index contributed by atoms with van der Waals surface area (Å²) in [5.41, 5.74) is 2.62. The van der Waals surface area contributed by atoms with Crippen molar-refractivity contribution < 1.29 is 4.79 Å². The highest BCUT2D eigenvalue weighted by molar-refractivity contribution is 5.94. The summed E-state index contributed by atoms with van der Waals surface area (Å²) in [5.74, 6) is -0.00750. The first-order chi connectivity index (χ1) is 10.2. The summed E-state index contributed by atoms with van der Waals surface area (Å²) in [4.78, 5) is 12.2. The van der Waals surface area contributed by atoms with Gasteiger partial charge in [0.15, 0.2) is 0 Å². The Balaban J connectivity index is 1.67. The van der Waals surface area contributed by atoms with Crippen molar-refractivity contribution in [2.45, 2.75) is 25.8 Å². The molecule has 3 rings (SSSR count). The number of benzene rings is 1. The number of aromatic nitrogens is 2. The monoisotopic (exact) mass is 284 g/mol. The van der Waals surface area contributed by atoms with Crippen molar-refractivity contribution in [3.63, 3.8) is 0 Å². The Morgan fingerprint density at radius 2 is 2.14 bits per heavy atom. The summed E-state index contributed by atoms with van der Waals surface area (Å²) in [6, 6.07) is 9.72. The molecular weight excluding hydrogens is 264 g/mol. The van der Waals surface area contributed by atoms with E-state index in [0.29, 0.717) is 5.56 Å². The molecule has 2 N–H and O–H groups in total. The van der Waals surface area contributed by atoms with E-state index in [1.807, 2.05) is 48.1 Å². The lowest BCUT2D eigenvalue weighted by Gasteiger charge is -2.23. The van der Waals surface area contributed by atoms with Gasteiger partial charge in [0, 0.05) is 24.3 Å². The van der Waals surface area contributed by atoms with Crippen LogP contribution in [0.5, 0.6) is 0 Å². The van der Waals surface area contributed by atoms with Crippen LogP contribution in [-0.4, -0.2) is 34.8 Å². The number of hydrogen-bond acceptors (Lipinski definition) is 3. The summed E-state index contributed by atoms with van der Waals surface area (Å²) in [6.45, 7) is 3.86. The summed E-state index contributed by atoms with van der Waals surface area (Å²) < 4.78 is 1.81. The Kier molecular flexibility index (Phi) is 4.01. The molecule has 1 aromatic heterocycles. The third-order valence-corrected chi connectivity index (χ3v) is 3.75. The van der Waals surface area contributed by atoms with Gasteiger partial charge < -0.3 is 10.6 Å². The van der Waals surface area contributed by atoms with Crippen molar-refractivity contribution in [1.29, 1.82) is 0 Å². The van der Waals surface area contributed by atoms with E-state index in [1.165, 1.54) is 0 Å². The molecule has 0 bridgehead atoms. The molecule has 2 heterocycles. The van der Waals surface area contributed by atoms with E-state index in [-0.39, 0.29) is 11.9 Å². The van der Waals surface area contributed by atoms with Gasteiger partial charge in [-0.3, -0.25) is 4.79 Å². The molecule has 0 saturated carbocycles. The standard InChI is InChI=1S/C16H20N4O/c1-12-8-10-20(19-12)15-6-4-13(5-7-15)16(21)18-14-3-2-9-17-11-14/h4-8,10,14,17H,2-3,9,11H2,1H3,(H,18,21)/t14-/m0/s1. The van der Waals surface area contributed by atoms with Crippen LogP contribution < -0.4 is 10.6 Å². The quantitative estimate of drug-likeness (QED) is 0.901. The van der Waals surface area contributed by atoms with Gasteiger partial charge in [0.1, 0.15) is 0 Å². The lowest BCUT2D eigenvalue weighted by atomic mass is 10.1. The molecule has 1 saturated heterocycles. The molecule has 1 amide bonds. The van der Waals surface area contributed by atoms with Crippen LogP contribution in [-0.2, 0) is 0 Å². The third-order valence-electron chi connectivity index (χ3n) is 3.75. The first-order valence-electron chi connectivity index (χ1n) is 7.37. The van der Waals surface area contributed by atoms with Crippen LogP contribution in [0, 0.1) is 6.92 Å². The van der Waals surface area contributed by atoms with Gasteiger partial charge in [-0.25, -0.2) is 4.68 Å². The first-order valence-corrected chi connectivity index (χ1v) is 7.37. The van der Waals surface area contributed by atoms with Gasteiger partial charge in [-0.05, 0) is 56.6 Å². The molecule has 5 heteroatoms. The normalized spacial score (nSPS) is 18.4. The van der Waals surface area contributed by atoms with Gasteiger partial charge in [-0.2, -0.15) is 5.10 Å². The first kappa shape index (κ1) is 13.8. The predicted molar refractivity (Wildman–Crippen MR) is 81.7 cm³/mol. The largest absolute Gasteiger partial charge is 0.348 e. The van der Waals surface area contributed by atoms with Crippen molar-refractivity contribution in [1.82, 2.24) is 20.4 Å². The molecule has 1 aromatic carbocycles. The number of nitrogens with zero attached hydrogens (tertiary/aromatic N) is 2. The van der Waals surface area contributed by atoms with Crippen LogP contribution in [0.25, 0.3) is 5.69 Å². The minimum absolute atomic E-state index is 0.00750. The van der Waals surface area contributed by atoms with E-state index in [1.54, 1.807) is 0 Å². The summed E-state index contributed by atoms with van der Waals surface area (Å²) in [6.07, 6.45) is 4.07. The molecule has 0 unspecified atom stereocenters. The number of rotatable bonds is 3. The van der Waals surface area contributed by atoms with Gasteiger partial charge in [0.2, 0.25) is 0 Å². The number of nitrogens with one attached hydrogen (secondary N) is 2. The Bertz CT molecular complexity index is 611. The molecule has 1 fully saturated rings. The smallest absolute Gasteiger partial charge is 0.251 e. The second kappa shape index (κ2) is 6.10. The van der Waals surface area contributed by atoms with E-state index >= 15 is 0 Å². The maximum absolute atomic E-state index is 12.2. The fourth-order valence-electron chi connectivity index (χ4n) is 2.57. The molecule has 110 valence electrons. The highest BCUT2D eigenvalue weighted by Crippen LogP contribution is 2.10. The maximum atomic E-state index is 12.2. The van der Waals surface area contributed by atoms with Gasteiger partial charge >= 0.3 is 0 Å². The molecule has 2 aromatic rings. The molecule has 1 atom stereocenters. The van der Waals surface area contributed by atoms with E-state index in [9.17, 15) is 4.79 Å². The van der Waals surface area contributed by atoms with Crippen LogP contribution in [0.3, 0.4) is 0 Å². The lowest BCUT2D eigenvalue weighted by Crippen LogP contribution is -2.45. The van der Waals surface area contributed by atoms with Crippen LogP contribution in [0.15, 0.2) is 36.5 Å². The van der Waals surface area contributed by atoms with Crippen LogP contribution >= 0.6 is 0 Å². The fourth-order valence-corrected chi connectivity index (χ4v) is 2.57. The molecule has 0 radical (unpaired) electrons. The van der Waals surface area contributed by atoms with Crippen LogP contribution in [0.2, 0.25) is 0 Å². The molecule has 1 aliphatic heterocycles. The van der Waals surface area contributed by atoms with Crippen molar-refractivity contribution in [2.24, 2.45) is 0 Å². The number of carbonyl (C=O) groups is 1. The average Bonchev–Trinajstić information content (AvgIpc) is 2.95. The highest BCUT2D eigenvalue weighted by atomic mass is 16.1. The van der Waals surface area contributed by atoms with Crippen molar-refractivity contribution in [2.75, 3.05) is 13.1 Å².